The normalized spacial score (nSPS) is 18.9. The molecule has 9 heteroatoms. The fourth-order valence-electron chi connectivity index (χ4n) is 5.20. The number of H-pyrrole nitrogens is 1. The Morgan fingerprint density at radius 1 is 1.03 bits per heavy atom. The van der Waals surface area contributed by atoms with Crippen LogP contribution in [0.2, 0.25) is 0 Å². The monoisotopic (exact) mass is 510 g/mol. The molecule has 1 atom stereocenters. The van der Waals surface area contributed by atoms with Crippen molar-refractivity contribution >= 4 is 11.7 Å². The molecule has 4 aromatic rings. The summed E-state index contributed by atoms with van der Waals surface area (Å²) in [5, 5.41) is 14.5. The number of ether oxygens (including phenoxy) is 1. The van der Waals surface area contributed by atoms with Gasteiger partial charge in [0, 0.05) is 30.6 Å². The summed E-state index contributed by atoms with van der Waals surface area (Å²) in [6.07, 6.45) is 2.30. The van der Waals surface area contributed by atoms with Crippen LogP contribution in [0.1, 0.15) is 31.7 Å². The Morgan fingerprint density at radius 2 is 1.84 bits per heavy atom. The first-order chi connectivity index (χ1) is 18.6. The lowest BCUT2D eigenvalue weighted by Gasteiger charge is -2.22. The Bertz CT molecular complexity index is 1490. The highest BCUT2D eigenvalue weighted by Gasteiger charge is 2.50. The highest BCUT2D eigenvalue weighted by molar-refractivity contribution is 6.08. The van der Waals surface area contributed by atoms with Gasteiger partial charge in [0.25, 0.3) is 5.91 Å². The number of carbonyl (C=O) groups is 1. The van der Waals surface area contributed by atoms with Crippen LogP contribution >= 0.6 is 0 Å². The van der Waals surface area contributed by atoms with Gasteiger partial charge < -0.3 is 4.74 Å². The van der Waals surface area contributed by atoms with Gasteiger partial charge in [-0.1, -0.05) is 55.5 Å². The van der Waals surface area contributed by atoms with Gasteiger partial charge in [-0.3, -0.25) is 14.7 Å². The van der Waals surface area contributed by atoms with E-state index in [1.165, 1.54) is 6.07 Å². The van der Waals surface area contributed by atoms with E-state index in [0.717, 1.165) is 46.5 Å². The third kappa shape index (κ3) is 4.28. The van der Waals surface area contributed by atoms with E-state index in [1.54, 1.807) is 12.1 Å². The predicted octanol–water partition coefficient (Wildman–Crippen LogP) is 5.04. The second-order valence-corrected chi connectivity index (χ2v) is 9.68. The zero-order valence-electron chi connectivity index (χ0n) is 21.0. The number of rotatable bonds is 7. The lowest BCUT2D eigenvalue weighted by molar-refractivity contribution is -0.131. The van der Waals surface area contributed by atoms with Gasteiger partial charge in [0.1, 0.15) is 11.7 Å². The largest absolute Gasteiger partial charge is 0.378 e. The molecule has 1 amide bonds. The summed E-state index contributed by atoms with van der Waals surface area (Å²) in [7, 11) is 0. The highest BCUT2D eigenvalue weighted by Crippen LogP contribution is 2.36. The standard InChI is InChI=1S/C29H27FN6O2/c1-2-5-26-31-29(14-15-38-18-29)28(37)36(26)17-19-8-10-20(11-9-19)24-16-21(22-6-3-4-7-25(22)30)12-13-23(24)27-32-34-35-33-27/h3-4,6-13,16H,2,5,14-15,17-18H2,1H3,(H,32,33,34,35). The molecule has 0 radical (unpaired) electrons. The van der Waals surface area contributed by atoms with E-state index in [-0.39, 0.29) is 11.7 Å². The van der Waals surface area contributed by atoms with Crippen molar-refractivity contribution in [1.29, 1.82) is 0 Å². The molecule has 6 rings (SSSR count). The number of hydrogen-bond donors (Lipinski definition) is 1. The van der Waals surface area contributed by atoms with Crippen LogP contribution in [0.5, 0.6) is 0 Å². The maximum atomic E-state index is 14.6. The average Bonchev–Trinajstić information content (AvgIpc) is 3.69. The smallest absolute Gasteiger partial charge is 0.258 e. The van der Waals surface area contributed by atoms with Crippen LogP contribution in [0.3, 0.4) is 0 Å². The van der Waals surface area contributed by atoms with Crippen molar-refractivity contribution in [2.45, 2.75) is 38.3 Å². The number of amides is 1. The molecule has 1 aromatic heterocycles. The van der Waals surface area contributed by atoms with E-state index in [1.807, 2.05) is 53.4 Å². The molecule has 2 aliphatic rings. The van der Waals surface area contributed by atoms with E-state index >= 15 is 0 Å². The third-order valence-corrected chi connectivity index (χ3v) is 7.17. The first-order valence-corrected chi connectivity index (χ1v) is 12.8. The Balaban J connectivity index is 1.33. The summed E-state index contributed by atoms with van der Waals surface area (Å²) in [4.78, 5) is 20.0. The molecule has 1 N–H and O–H groups in total. The molecule has 38 heavy (non-hydrogen) atoms. The minimum absolute atomic E-state index is 0.0273. The van der Waals surface area contributed by atoms with Crippen LogP contribution in [-0.4, -0.2) is 56.0 Å². The molecular weight excluding hydrogens is 483 g/mol. The average molecular weight is 511 g/mol. The molecule has 1 fully saturated rings. The van der Waals surface area contributed by atoms with Gasteiger partial charge in [-0.05, 0) is 52.1 Å². The first-order valence-electron chi connectivity index (χ1n) is 12.8. The van der Waals surface area contributed by atoms with Gasteiger partial charge in [-0.2, -0.15) is 5.21 Å². The van der Waals surface area contributed by atoms with E-state index in [9.17, 15) is 9.18 Å². The van der Waals surface area contributed by atoms with E-state index in [2.05, 4.69) is 27.5 Å². The molecule has 1 spiro atoms. The lowest BCUT2D eigenvalue weighted by Crippen LogP contribution is -2.42. The van der Waals surface area contributed by atoms with Crippen LogP contribution in [0, 0.1) is 5.82 Å². The summed E-state index contributed by atoms with van der Waals surface area (Å²) >= 11 is 0. The van der Waals surface area contributed by atoms with Crippen molar-refractivity contribution in [3.8, 4) is 33.6 Å². The molecule has 1 unspecified atom stereocenters. The number of tetrazole rings is 1. The summed E-state index contributed by atoms with van der Waals surface area (Å²) < 4.78 is 20.1. The molecule has 3 heterocycles. The van der Waals surface area contributed by atoms with Gasteiger partial charge in [0.05, 0.1) is 13.2 Å². The van der Waals surface area contributed by atoms with Crippen molar-refractivity contribution in [3.05, 3.63) is 78.1 Å². The minimum atomic E-state index is -0.753. The SMILES string of the molecule is CCCC1=NC2(CCOC2)C(=O)N1Cc1ccc(-c2cc(-c3ccccc3F)ccc2-c2nn[nH]n2)cc1. The molecule has 192 valence electrons. The van der Waals surface area contributed by atoms with Gasteiger partial charge in [-0.15, -0.1) is 10.2 Å². The summed E-state index contributed by atoms with van der Waals surface area (Å²) in [6.45, 7) is 3.46. The molecule has 3 aromatic carbocycles. The minimum Gasteiger partial charge on any atom is -0.378 e. The van der Waals surface area contributed by atoms with Crippen LogP contribution in [-0.2, 0) is 16.1 Å². The Morgan fingerprint density at radius 3 is 2.55 bits per heavy atom. The van der Waals surface area contributed by atoms with Gasteiger partial charge >= 0.3 is 0 Å². The highest BCUT2D eigenvalue weighted by atomic mass is 19.1. The molecule has 8 nitrogen and oxygen atoms in total. The number of nitrogens with one attached hydrogen (secondary N) is 1. The number of benzene rings is 3. The molecule has 2 aliphatic heterocycles. The third-order valence-electron chi connectivity index (χ3n) is 7.17. The number of amidine groups is 1. The first kappa shape index (κ1) is 24.1. The Labute approximate surface area is 219 Å². The second-order valence-electron chi connectivity index (χ2n) is 9.68. The number of carbonyl (C=O) groups excluding carboxylic acids is 1. The maximum absolute atomic E-state index is 14.6. The van der Waals surface area contributed by atoms with Crippen LogP contribution in [0.15, 0.2) is 71.7 Å². The fraction of sp³-hybridized carbons (Fsp3) is 0.276. The predicted molar refractivity (Wildman–Crippen MR) is 142 cm³/mol. The second kappa shape index (κ2) is 9.90. The lowest BCUT2D eigenvalue weighted by atomic mass is 9.93. The van der Waals surface area contributed by atoms with Crippen molar-refractivity contribution in [2.75, 3.05) is 13.2 Å². The molecule has 0 bridgehead atoms. The van der Waals surface area contributed by atoms with Crippen molar-refractivity contribution in [2.24, 2.45) is 4.99 Å². The number of hydrogen-bond acceptors (Lipinski definition) is 6. The summed E-state index contributed by atoms with van der Waals surface area (Å²) in [5.41, 5.74) is 4.06. The number of halogens is 1. The van der Waals surface area contributed by atoms with Crippen LogP contribution < -0.4 is 0 Å². The molecule has 0 aliphatic carbocycles. The van der Waals surface area contributed by atoms with E-state index in [4.69, 9.17) is 9.73 Å². The molecule has 0 saturated carbocycles. The number of aromatic amines is 1. The zero-order chi connectivity index (χ0) is 26.1. The fourth-order valence-corrected chi connectivity index (χ4v) is 5.20. The van der Waals surface area contributed by atoms with Crippen molar-refractivity contribution in [1.82, 2.24) is 25.5 Å². The number of aromatic nitrogens is 4. The van der Waals surface area contributed by atoms with E-state index < -0.39 is 5.54 Å². The van der Waals surface area contributed by atoms with Gasteiger partial charge in [-0.25, -0.2) is 4.39 Å². The molecule has 1 saturated heterocycles. The van der Waals surface area contributed by atoms with Gasteiger partial charge in [0.15, 0.2) is 5.54 Å². The maximum Gasteiger partial charge on any atom is 0.258 e. The van der Waals surface area contributed by atoms with Gasteiger partial charge in [0.2, 0.25) is 5.82 Å². The number of nitrogens with zero attached hydrogens (tertiary/aromatic N) is 5. The summed E-state index contributed by atoms with van der Waals surface area (Å²) in [6, 6.07) is 20.4. The number of aliphatic imine (C=N–C) groups is 1. The van der Waals surface area contributed by atoms with E-state index in [0.29, 0.717) is 37.6 Å². The molecular formula is C29H27FN6O2. The Kier molecular flexibility index (Phi) is 6.29. The quantitative estimate of drug-likeness (QED) is 0.376. The van der Waals surface area contributed by atoms with Crippen molar-refractivity contribution < 1.29 is 13.9 Å². The Hall–Kier alpha value is -4.24. The van der Waals surface area contributed by atoms with Crippen molar-refractivity contribution in [3.63, 3.8) is 0 Å². The zero-order valence-corrected chi connectivity index (χ0v) is 21.0. The van der Waals surface area contributed by atoms with Crippen LogP contribution in [0.25, 0.3) is 33.6 Å². The van der Waals surface area contributed by atoms with Crippen LogP contribution in [0.4, 0.5) is 4.39 Å². The summed E-state index contributed by atoms with van der Waals surface area (Å²) in [5.74, 6) is 1.03. The topological polar surface area (TPSA) is 96.4 Å².